The molecule has 0 spiro atoms. The van der Waals surface area contributed by atoms with Gasteiger partial charge < -0.3 is 20.4 Å². The van der Waals surface area contributed by atoms with E-state index >= 15 is 0 Å². The molecule has 3 rings (SSSR count). The summed E-state index contributed by atoms with van der Waals surface area (Å²) < 4.78 is 8.19. The van der Waals surface area contributed by atoms with Crippen LogP contribution in [0.15, 0.2) is 46.4 Å². The molecule has 1 aliphatic carbocycles. The third-order valence-corrected chi connectivity index (χ3v) is 5.10. The number of hydrogen-bond donors (Lipinski definition) is 4. The van der Waals surface area contributed by atoms with Crippen LogP contribution in [0.4, 0.5) is 0 Å². The van der Waals surface area contributed by atoms with Gasteiger partial charge in [0.1, 0.15) is 22.6 Å². The zero-order valence-electron chi connectivity index (χ0n) is 17.3. The van der Waals surface area contributed by atoms with Crippen molar-refractivity contribution in [3.63, 3.8) is 0 Å². The fraction of sp³-hybridized carbons (Fsp3) is 0.273. The monoisotopic (exact) mass is 540 g/mol. The minimum atomic E-state index is -1.22. The maximum atomic E-state index is 11.2. The number of phenols is 2. The van der Waals surface area contributed by atoms with Crippen LogP contribution in [0.3, 0.4) is 0 Å². The van der Waals surface area contributed by atoms with Crippen LogP contribution in [0.5, 0.6) is 11.5 Å². The molecule has 1 aliphatic rings. The molecular formula is C22H22CuN2O7V. The first-order chi connectivity index (χ1) is 15.4. The third-order valence-electron chi connectivity index (χ3n) is 5.10. The molecule has 1 radical (unpaired) electrons. The van der Waals surface area contributed by atoms with Crippen molar-refractivity contribution in [1.29, 1.82) is 0 Å². The van der Waals surface area contributed by atoms with Gasteiger partial charge in [0.2, 0.25) is 0 Å². The maximum absolute atomic E-state index is 11.2. The van der Waals surface area contributed by atoms with Gasteiger partial charge in [-0.15, -0.1) is 0 Å². The van der Waals surface area contributed by atoms with E-state index in [1.54, 1.807) is 24.3 Å². The Balaban J connectivity index is 0.00000177. The number of nitrogens with zero attached hydrogens (tertiary/aromatic N) is 2. The van der Waals surface area contributed by atoms with Crippen molar-refractivity contribution in [2.24, 2.45) is 9.98 Å². The summed E-state index contributed by atoms with van der Waals surface area (Å²) in [7, 11) is 0. The van der Waals surface area contributed by atoms with Crippen LogP contribution in [-0.4, -0.2) is 56.9 Å². The molecule has 178 valence electrons. The van der Waals surface area contributed by atoms with Gasteiger partial charge in [0.05, 0.1) is 12.1 Å². The summed E-state index contributed by atoms with van der Waals surface area (Å²) in [4.78, 5) is 31.4. The Bertz CT molecular complexity index is 964. The van der Waals surface area contributed by atoms with Gasteiger partial charge >= 0.3 is 33.0 Å². The molecular weight excluding hydrogens is 519 g/mol. The topological polar surface area (TPSA) is 157 Å². The van der Waals surface area contributed by atoms with E-state index in [0.717, 1.165) is 43.1 Å². The van der Waals surface area contributed by atoms with Gasteiger partial charge in [0.25, 0.3) is 0 Å². The van der Waals surface area contributed by atoms with Crippen molar-refractivity contribution in [2.45, 2.75) is 37.8 Å². The van der Waals surface area contributed by atoms with Crippen molar-refractivity contribution in [1.82, 2.24) is 0 Å². The molecule has 2 unspecified atom stereocenters. The molecule has 4 N–H and O–H groups in total. The summed E-state index contributed by atoms with van der Waals surface area (Å²) in [6, 6.07) is 8.54. The van der Waals surface area contributed by atoms with Gasteiger partial charge in [-0.1, -0.05) is 25.0 Å². The van der Waals surface area contributed by atoms with Crippen molar-refractivity contribution >= 4 is 24.4 Å². The number of para-hydroxylation sites is 2. The van der Waals surface area contributed by atoms with Gasteiger partial charge in [-0.25, -0.2) is 9.59 Å². The van der Waals surface area contributed by atoms with Gasteiger partial charge in [-0.2, -0.15) is 0 Å². The average molecular weight is 541 g/mol. The first kappa shape index (κ1) is 28.3. The summed E-state index contributed by atoms with van der Waals surface area (Å²) in [5, 5.41) is 38.5. The third kappa shape index (κ3) is 7.37. The number of aromatic hydroxyl groups is 2. The summed E-state index contributed by atoms with van der Waals surface area (Å²) in [6.07, 6.45) is 6.41. The minimum absolute atomic E-state index is 0. The van der Waals surface area contributed by atoms with Crippen molar-refractivity contribution in [3.05, 3.63) is 58.7 Å². The number of carboxylic acids is 2. The molecule has 2 aromatic carbocycles. The molecule has 1 fully saturated rings. The molecule has 1 saturated carbocycles. The number of aromatic carboxylic acids is 2. The summed E-state index contributed by atoms with van der Waals surface area (Å²) in [5.41, 5.74) is 0.252. The zero-order chi connectivity index (χ0) is 23.7. The van der Waals surface area contributed by atoms with E-state index < -0.39 is 11.9 Å². The van der Waals surface area contributed by atoms with Crippen LogP contribution < -0.4 is 0 Å². The molecule has 0 heterocycles. The quantitative estimate of drug-likeness (QED) is 0.323. The molecule has 0 aliphatic heterocycles. The second kappa shape index (κ2) is 13.7. The number of carbonyl (C=O) groups is 2. The predicted molar refractivity (Wildman–Crippen MR) is 112 cm³/mol. The Hall–Kier alpha value is -2.78. The fourth-order valence-electron chi connectivity index (χ4n) is 3.47. The Labute approximate surface area is 210 Å². The van der Waals surface area contributed by atoms with E-state index in [1.807, 2.05) is 0 Å². The first-order valence-corrected chi connectivity index (χ1v) is 10.3. The van der Waals surface area contributed by atoms with Crippen LogP contribution in [0.1, 0.15) is 57.5 Å². The predicted octanol–water partition coefficient (Wildman–Crippen LogP) is 3.22. The van der Waals surface area contributed by atoms with Crippen LogP contribution in [0.25, 0.3) is 0 Å². The number of rotatable bonds is 6. The Morgan fingerprint density at radius 2 is 1.15 bits per heavy atom. The van der Waals surface area contributed by atoms with E-state index in [1.165, 1.54) is 24.6 Å². The van der Waals surface area contributed by atoms with Crippen LogP contribution >= 0.6 is 0 Å². The van der Waals surface area contributed by atoms with Gasteiger partial charge in [0.15, 0.2) is 0 Å². The molecule has 0 amide bonds. The summed E-state index contributed by atoms with van der Waals surface area (Å²) in [6.45, 7) is 0. The van der Waals surface area contributed by atoms with Crippen LogP contribution in [0, 0.1) is 0 Å². The Morgan fingerprint density at radius 3 is 1.48 bits per heavy atom. The van der Waals surface area contributed by atoms with Crippen molar-refractivity contribution in [2.75, 3.05) is 0 Å². The second-order valence-electron chi connectivity index (χ2n) is 7.07. The first-order valence-electron chi connectivity index (χ1n) is 9.73. The molecule has 2 aromatic rings. The van der Waals surface area contributed by atoms with E-state index in [4.69, 9.17) is 13.9 Å². The summed E-state index contributed by atoms with van der Waals surface area (Å²) in [5.74, 6) is -3.10. The van der Waals surface area contributed by atoms with E-state index in [-0.39, 0.29) is 51.8 Å². The van der Waals surface area contributed by atoms with Crippen molar-refractivity contribution < 1.29 is 68.1 Å². The van der Waals surface area contributed by atoms with Gasteiger partial charge in [0, 0.05) is 40.6 Å². The van der Waals surface area contributed by atoms with E-state index in [2.05, 4.69) is 9.98 Å². The Morgan fingerprint density at radius 1 is 0.788 bits per heavy atom. The van der Waals surface area contributed by atoms with Gasteiger partial charge in [-0.05, 0) is 37.1 Å². The Kier molecular flexibility index (Phi) is 11.7. The molecule has 33 heavy (non-hydrogen) atoms. The number of carboxylic acid groups (broad SMARTS) is 2. The average Bonchev–Trinajstić information content (AvgIpc) is 2.79. The molecule has 0 aromatic heterocycles. The van der Waals surface area contributed by atoms with E-state index in [9.17, 15) is 19.8 Å². The summed E-state index contributed by atoms with van der Waals surface area (Å²) >= 11 is 1.06. The number of aliphatic imine (C=N–C) groups is 2. The van der Waals surface area contributed by atoms with Crippen LogP contribution in [-0.2, 0) is 38.1 Å². The number of benzene rings is 2. The molecule has 2 atom stereocenters. The standard InChI is InChI=1S/C22H22N2O6.Cu.O.V/c25-19-13(5-3-7-15(19)21(27)28)11-23-17-9-1-2-10-18(17)24-12-14-6-4-8-16(20(14)26)22(29)30;;;/h3-8,11-12,17-18,25-26H,1-2,9-10H2,(H,27,28)(H,29,30);;;. The molecule has 0 bridgehead atoms. The normalized spacial score (nSPS) is 17.7. The molecule has 9 nitrogen and oxygen atoms in total. The second-order valence-corrected chi connectivity index (χ2v) is 7.07. The number of hydrogen-bond acceptors (Lipinski definition) is 7. The SMILES string of the molecule is O=C(O)c1cccc(C=NC2CCCCC2N=Cc2cccc(C(=O)O)c2O)c1O.[Cu].[O]=[V]. The molecule has 0 saturated heterocycles. The van der Waals surface area contributed by atoms with Gasteiger partial charge in [-0.3, -0.25) is 9.98 Å². The fourth-order valence-corrected chi connectivity index (χ4v) is 3.47. The van der Waals surface area contributed by atoms with Crippen molar-refractivity contribution in [3.8, 4) is 11.5 Å². The molecule has 11 heteroatoms. The van der Waals surface area contributed by atoms with E-state index in [0.29, 0.717) is 11.1 Å². The van der Waals surface area contributed by atoms with Crippen LogP contribution in [0.2, 0.25) is 0 Å². The zero-order valence-corrected chi connectivity index (χ0v) is 19.6.